The predicted molar refractivity (Wildman–Crippen MR) is 131 cm³/mol. The molecule has 3 aromatic rings. The average molecular weight is 569 g/mol. The summed E-state index contributed by atoms with van der Waals surface area (Å²) in [7, 11) is 0. The minimum Gasteiger partial charge on any atom is -1.00 e. The van der Waals surface area contributed by atoms with E-state index in [9.17, 15) is 0 Å². The van der Waals surface area contributed by atoms with Gasteiger partial charge in [-0.25, -0.2) is 0 Å². The number of rotatable bonds is 2. The molecule has 3 aliphatic carbocycles. The average Bonchev–Trinajstić information content (AvgIpc) is 3.41. The van der Waals surface area contributed by atoms with Crippen LogP contribution in [0.5, 0.6) is 0 Å². The maximum absolute atomic E-state index is 2.61. The summed E-state index contributed by atoms with van der Waals surface area (Å²) in [5.74, 6) is 2.29. The van der Waals surface area contributed by atoms with Crippen molar-refractivity contribution in [1.29, 1.82) is 0 Å². The van der Waals surface area contributed by atoms with E-state index in [0.29, 0.717) is 11.3 Å². The summed E-state index contributed by atoms with van der Waals surface area (Å²) in [5.41, 5.74) is 11.3. The fraction of sp³-hybridized carbons (Fsp3) is 0.419. The number of hydrogen-bond acceptors (Lipinski definition) is 0. The molecule has 4 atom stereocenters. The summed E-state index contributed by atoms with van der Waals surface area (Å²) in [5, 5.41) is 0. The van der Waals surface area contributed by atoms with Gasteiger partial charge in [0.1, 0.15) is 0 Å². The second-order valence-corrected chi connectivity index (χ2v) is 11.5. The zero-order valence-corrected chi connectivity index (χ0v) is 24.6. The predicted octanol–water partition coefficient (Wildman–Crippen LogP) is 2.07. The van der Waals surface area contributed by atoms with Crippen LogP contribution in [0.1, 0.15) is 73.8 Å². The van der Waals surface area contributed by atoms with Gasteiger partial charge in [-0.2, -0.15) is 0 Å². The molecule has 6 rings (SSSR count). The molecule has 3 aliphatic rings. The molecule has 0 aliphatic heterocycles. The van der Waals surface area contributed by atoms with Crippen LogP contribution in [0.15, 0.2) is 66.7 Å². The zero-order valence-electron chi connectivity index (χ0n) is 20.7. The topological polar surface area (TPSA) is 0 Å². The Labute approximate surface area is 237 Å². The Kier molecular flexibility index (Phi) is 8.05. The van der Waals surface area contributed by atoms with Gasteiger partial charge in [-0.05, 0) is 94.6 Å². The molecule has 2 saturated carbocycles. The molecule has 0 spiro atoms. The van der Waals surface area contributed by atoms with Gasteiger partial charge >= 0.3 is 26.2 Å². The molecule has 176 valence electrons. The van der Waals surface area contributed by atoms with Gasteiger partial charge in [-0.3, -0.25) is 0 Å². The molecule has 4 unspecified atom stereocenters. The third kappa shape index (κ3) is 4.19. The SMILES string of the molecule is Cc1ccc(C2CC3C(C2)C(C)(c2cccc4c2Cc2ccccc2-4)CC3(C)C)cc1.[Cl-].[Cl-].[Zr+2]. The molecule has 2 fully saturated rings. The molecule has 0 amide bonds. The maximum atomic E-state index is 2.61. The van der Waals surface area contributed by atoms with Crippen LogP contribution in [0.4, 0.5) is 0 Å². The van der Waals surface area contributed by atoms with E-state index in [2.05, 4.69) is 94.4 Å². The minimum atomic E-state index is 0. The monoisotopic (exact) mass is 566 g/mol. The standard InChI is InChI=1S/C31H34.2ClH.Zr/c1-20-12-14-21(15-13-20)23-17-28-29(18-23)31(4,19-30(28,2)3)27-11-7-10-25-24-9-6-5-8-22(24)16-26(25)27;;;/h5-15,23,28-29H,16-19H2,1-4H3;2*1H;/q;;;+2/p-2. The van der Waals surface area contributed by atoms with Crippen LogP contribution in [-0.2, 0) is 38.0 Å². The minimum absolute atomic E-state index is 0. The fourth-order valence-corrected chi connectivity index (χ4v) is 7.91. The Bertz CT molecular complexity index is 1170. The molecular formula is C31H34Cl2Zr. The Morgan fingerprint density at radius 1 is 0.735 bits per heavy atom. The summed E-state index contributed by atoms with van der Waals surface area (Å²) in [6.07, 6.45) is 5.11. The fourth-order valence-electron chi connectivity index (χ4n) is 7.91. The Morgan fingerprint density at radius 2 is 1.38 bits per heavy atom. The number of fused-ring (bicyclic) bond motifs is 4. The van der Waals surface area contributed by atoms with E-state index in [0.717, 1.165) is 18.3 Å². The molecular weight excluding hydrogens is 534 g/mol. The van der Waals surface area contributed by atoms with E-state index in [1.807, 2.05) is 0 Å². The van der Waals surface area contributed by atoms with Gasteiger partial charge in [0, 0.05) is 0 Å². The van der Waals surface area contributed by atoms with Crippen LogP contribution in [0.2, 0.25) is 0 Å². The normalized spacial score (nSPS) is 27.5. The van der Waals surface area contributed by atoms with Crippen LogP contribution in [-0.4, -0.2) is 0 Å². The molecule has 0 N–H and O–H groups in total. The van der Waals surface area contributed by atoms with Crippen molar-refractivity contribution in [2.45, 2.75) is 64.7 Å². The van der Waals surface area contributed by atoms with Crippen LogP contribution in [0.3, 0.4) is 0 Å². The van der Waals surface area contributed by atoms with Gasteiger partial charge in [0.25, 0.3) is 0 Å². The molecule has 3 aromatic carbocycles. The van der Waals surface area contributed by atoms with Gasteiger partial charge in [0.05, 0.1) is 0 Å². The second-order valence-electron chi connectivity index (χ2n) is 11.5. The zero-order chi connectivity index (χ0) is 21.4. The first kappa shape index (κ1) is 27.7. The van der Waals surface area contributed by atoms with Crippen molar-refractivity contribution < 1.29 is 51.0 Å². The number of hydrogen-bond donors (Lipinski definition) is 0. The molecule has 3 heteroatoms. The van der Waals surface area contributed by atoms with E-state index >= 15 is 0 Å². The third-order valence-corrected chi connectivity index (χ3v) is 9.22. The Balaban J connectivity index is 0.00000108. The van der Waals surface area contributed by atoms with E-state index < -0.39 is 0 Å². The van der Waals surface area contributed by atoms with E-state index in [4.69, 9.17) is 0 Å². The first-order chi connectivity index (χ1) is 14.9. The Hall–Kier alpha value is -0.877. The molecule has 34 heavy (non-hydrogen) atoms. The van der Waals surface area contributed by atoms with Gasteiger partial charge in [0.2, 0.25) is 0 Å². The van der Waals surface area contributed by atoms with Crippen LogP contribution in [0.25, 0.3) is 11.1 Å². The summed E-state index contributed by atoms with van der Waals surface area (Å²) in [4.78, 5) is 0. The quantitative estimate of drug-likeness (QED) is 0.348. The van der Waals surface area contributed by atoms with Gasteiger partial charge in [-0.15, -0.1) is 0 Å². The largest absolute Gasteiger partial charge is 2.00 e. The van der Waals surface area contributed by atoms with Crippen molar-refractivity contribution in [1.82, 2.24) is 0 Å². The summed E-state index contributed by atoms with van der Waals surface area (Å²) in [6.45, 7) is 9.90. The van der Waals surface area contributed by atoms with Gasteiger partial charge < -0.3 is 24.8 Å². The van der Waals surface area contributed by atoms with Gasteiger partial charge in [0.15, 0.2) is 0 Å². The van der Waals surface area contributed by atoms with Crippen molar-refractivity contribution in [3.05, 3.63) is 94.5 Å². The Morgan fingerprint density at radius 3 is 2.12 bits per heavy atom. The molecule has 0 aromatic heterocycles. The molecule has 0 nitrogen and oxygen atoms in total. The van der Waals surface area contributed by atoms with Crippen molar-refractivity contribution in [3.63, 3.8) is 0 Å². The van der Waals surface area contributed by atoms with E-state index in [1.54, 1.807) is 16.7 Å². The molecule has 0 saturated heterocycles. The van der Waals surface area contributed by atoms with Crippen molar-refractivity contribution in [2.75, 3.05) is 0 Å². The van der Waals surface area contributed by atoms with Crippen LogP contribution >= 0.6 is 0 Å². The molecule has 0 radical (unpaired) electrons. The molecule has 0 bridgehead atoms. The summed E-state index contributed by atoms with van der Waals surface area (Å²) >= 11 is 0. The first-order valence-electron chi connectivity index (χ1n) is 12.1. The maximum Gasteiger partial charge on any atom is 2.00 e. The third-order valence-electron chi connectivity index (χ3n) is 9.22. The number of halogens is 2. The summed E-state index contributed by atoms with van der Waals surface area (Å²) in [6, 6.07) is 25.6. The van der Waals surface area contributed by atoms with Crippen molar-refractivity contribution in [3.8, 4) is 11.1 Å². The summed E-state index contributed by atoms with van der Waals surface area (Å²) < 4.78 is 0. The van der Waals surface area contributed by atoms with Gasteiger partial charge in [-0.1, -0.05) is 93.1 Å². The smallest absolute Gasteiger partial charge is 1.00 e. The van der Waals surface area contributed by atoms with E-state index in [1.165, 1.54) is 41.5 Å². The van der Waals surface area contributed by atoms with Crippen LogP contribution in [0, 0.1) is 24.2 Å². The van der Waals surface area contributed by atoms with Crippen molar-refractivity contribution >= 4 is 0 Å². The second kappa shape index (κ2) is 9.88. The van der Waals surface area contributed by atoms with E-state index in [-0.39, 0.29) is 56.4 Å². The van der Waals surface area contributed by atoms with Crippen LogP contribution < -0.4 is 24.8 Å². The first-order valence-corrected chi connectivity index (χ1v) is 12.1. The van der Waals surface area contributed by atoms with Crippen molar-refractivity contribution in [2.24, 2.45) is 17.3 Å². The molecule has 0 heterocycles. The number of benzene rings is 3. The number of aryl methyl sites for hydroxylation is 1.